The Balaban J connectivity index is 1.89. The average Bonchev–Trinajstić information content (AvgIpc) is 3.02. The molecule has 0 aliphatic heterocycles. The maximum atomic E-state index is 9.98. The Bertz CT molecular complexity index is 540. The van der Waals surface area contributed by atoms with E-state index in [4.69, 9.17) is 0 Å². The van der Waals surface area contributed by atoms with Crippen molar-refractivity contribution < 1.29 is 5.11 Å². The summed E-state index contributed by atoms with van der Waals surface area (Å²) < 4.78 is 0. The monoisotopic (exact) mass is 375 g/mol. The van der Waals surface area contributed by atoms with E-state index in [-0.39, 0.29) is 0 Å². The highest BCUT2D eigenvalue weighted by molar-refractivity contribution is 5.42. The minimum atomic E-state index is 0.391. The highest BCUT2D eigenvalue weighted by atomic mass is 16.3. The third-order valence-electron chi connectivity index (χ3n) is 6.26. The molecule has 0 saturated carbocycles. The van der Waals surface area contributed by atoms with Gasteiger partial charge in [-0.3, -0.25) is 0 Å². The molecule has 0 spiro atoms. The fraction of sp³-hybridized carbons (Fsp3) is 0.739. The normalized spacial score (nSPS) is 19.2. The molecule has 0 heterocycles. The number of nitrogens with one attached hydrogen (secondary N) is 1. The minimum Gasteiger partial charge on any atom is -0.508 e. The summed E-state index contributed by atoms with van der Waals surface area (Å²) in [6, 6.07) is 6.40. The largest absolute Gasteiger partial charge is 0.508 e. The van der Waals surface area contributed by atoms with Gasteiger partial charge in [-0.1, -0.05) is 33.8 Å². The number of fused-ring (bicyclic) bond motifs is 1. The molecule has 1 aliphatic carbocycles. The number of rotatable bonds is 13. The van der Waals surface area contributed by atoms with Crippen molar-refractivity contribution >= 4 is 0 Å². The summed E-state index contributed by atoms with van der Waals surface area (Å²) in [6.07, 6.45) is 4.84. The third kappa shape index (κ3) is 6.48. The van der Waals surface area contributed by atoms with Gasteiger partial charge in [-0.25, -0.2) is 0 Å². The van der Waals surface area contributed by atoms with Crippen LogP contribution in [0.5, 0.6) is 5.75 Å². The fourth-order valence-corrected chi connectivity index (χ4v) is 4.46. The number of benzene rings is 1. The zero-order valence-corrected chi connectivity index (χ0v) is 18.0. The first-order valence-corrected chi connectivity index (χ1v) is 11.1. The number of phenolic OH excluding ortho intramolecular Hbond substituents is 1. The van der Waals surface area contributed by atoms with Gasteiger partial charge in [0.2, 0.25) is 0 Å². The zero-order chi connectivity index (χ0) is 19.6. The van der Waals surface area contributed by atoms with Crippen LogP contribution in [-0.2, 0) is 0 Å². The van der Waals surface area contributed by atoms with Crippen molar-refractivity contribution in [2.75, 3.05) is 45.8 Å². The van der Waals surface area contributed by atoms with Gasteiger partial charge in [0, 0.05) is 6.04 Å². The lowest BCUT2D eigenvalue weighted by Crippen LogP contribution is -2.28. The molecule has 2 rings (SSSR count). The van der Waals surface area contributed by atoms with E-state index in [0.717, 1.165) is 39.3 Å². The Morgan fingerprint density at radius 3 is 2.19 bits per heavy atom. The van der Waals surface area contributed by atoms with Gasteiger partial charge in [0.15, 0.2) is 0 Å². The average molecular weight is 376 g/mol. The van der Waals surface area contributed by atoms with Gasteiger partial charge in [-0.15, -0.1) is 0 Å². The van der Waals surface area contributed by atoms with Gasteiger partial charge in [0.25, 0.3) is 0 Å². The Hall–Kier alpha value is -1.10. The van der Waals surface area contributed by atoms with Gasteiger partial charge >= 0.3 is 0 Å². The van der Waals surface area contributed by atoms with Crippen molar-refractivity contribution in [3.63, 3.8) is 0 Å². The molecule has 0 radical (unpaired) electrons. The predicted octanol–water partition coefficient (Wildman–Crippen LogP) is 4.36. The molecule has 1 aromatic rings. The van der Waals surface area contributed by atoms with Crippen LogP contribution in [0.15, 0.2) is 18.2 Å². The lowest BCUT2D eigenvalue weighted by molar-refractivity contribution is 0.289. The van der Waals surface area contributed by atoms with Crippen LogP contribution < -0.4 is 5.32 Å². The predicted molar refractivity (Wildman–Crippen MR) is 116 cm³/mol. The molecule has 2 N–H and O–H groups in total. The fourth-order valence-electron chi connectivity index (χ4n) is 4.46. The maximum absolute atomic E-state index is 9.98. The van der Waals surface area contributed by atoms with E-state index in [0.29, 0.717) is 17.7 Å². The van der Waals surface area contributed by atoms with E-state index in [1.54, 1.807) is 0 Å². The van der Waals surface area contributed by atoms with E-state index in [1.165, 1.54) is 43.4 Å². The van der Waals surface area contributed by atoms with E-state index < -0.39 is 0 Å². The summed E-state index contributed by atoms with van der Waals surface area (Å²) in [5, 5.41) is 13.8. The van der Waals surface area contributed by atoms with Crippen LogP contribution in [0.4, 0.5) is 0 Å². The summed E-state index contributed by atoms with van der Waals surface area (Å²) in [4.78, 5) is 4.99. The van der Waals surface area contributed by atoms with Crippen molar-refractivity contribution in [3.05, 3.63) is 29.3 Å². The Morgan fingerprint density at radius 2 is 1.56 bits per heavy atom. The number of hydrogen-bond donors (Lipinski definition) is 2. The van der Waals surface area contributed by atoms with Crippen LogP contribution in [0.3, 0.4) is 0 Å². The molecular weight excluding hydrogens is 334 g/mol. The van der Waals surface area contributed by atoms with Gasteiger partial charge in [0.1, 0.15) is 5.75 Å². The molecule has 27 heavy (non-hydrogen) atoms. The molecule has 0 saturated heterocycles. The Morgan fingerprint density at radius 1 is 0.926 bits per heavy atom. The van der Waals surface area contributed by atoms with Crippen LogP contribution in [0.2, 0.25) is 0 Å². The Labute approximate surface area is 166 Å². The molecule has 0 amide bonds. The van der Waals surface area contributed by atoms with Gasteiger partial charge < -0.3 is 20.2 Å². The highest BCUT2D eigenvalue weighted by Crippen LogP contribution is 2.43. The quantitative estimate of drug-likeness (QED) is 0.502. The molecule has 0 aromatic heterocycles. The zero-order valence-electron chi connectivity index (χ0n) is 18.0. The SMILES string of the molecule is CCN(CC)CCCNC1CC(CCCN(CC)CC)c2ccc(O)cc21. The van der Waals surface area contributed by atoms with Crippen molar-refractivity contribution in [2.45, 2.75) is 65.3 Å². The number of hydrogen-bond acceptors (Lipinski definition) is 4. The van der Waals surface area contributed by atoms with Crippen LogP contribution in [0.1, 0.15) is 76.5 Å². The van der Waals surface area contributed by atoms with Gasteiger partial charge in [0.05, 0.1) is 0 Å². The van der Waals surface area contributed by atoms with Gasteiger partial charge in [-0.2, -0.15) is 0 Å². The van der Waals surface area contributed by atoms with Crippen molar-refractivity contribution in [1.29, 1.82) is 0 Å². The van der Waals surface area contributed by atoms with Crippen molar-refractivity contribution in [1.82, 2.24) is 15.1 Å². The second-order valence-corrected chi connectivity index (χ2v) is 7.80. The first-order valence-electron chi connectivity index (χ1n) is 11.1. The van der Waals surface area contributed by atoms with E-state index in [9.17, 15) is 5.11 Å². The lowest BCUT2D eigenvalue weighted by Gasteiger charge is -2.20. The van der Waals surface area contributed by atoms with Crippen LogP contribution in [-0.4, -0.2) is 60.7 Å². The first kappa shape index (κ1) is 22.2. The van der Waals surface area contributed by atoms with E-state index in [2.05, 4.69) is 48.9 Å². The standard InChI is InChI=1S/C23H41N3O/c1-5-25(6-2)15-9-11-19-17-23(22-18-20(27)12-13-21(19)22)24-14-10-16-26(7-3)8-4/h12-13,18-19,23-24,27H,5-11,14-17H2,1-4H3. The first-order chi connectivity index (χ1) is 13.1. The van der Waals surface area contributed by atoms with E-state index >= 15 is 0 Å². The number of aromatic hydroxyl groups is 1. The summed E-state index contributed by atoms with van der Waals surface area (Å²) in [7, 11) is 0. The summed E-state index contributed by atoms with van der Waals surface area (Å²) in [6.45, 7) is 16.9. The van der Waals surface area contributed by atoms with Crippen molar-refractivity contribution in [3.8, 4) is 5.75 Å². The van der Waals surface area contributed by atoms with Crippen molar-refractivity contribution in [2.24, 2.45) is 0 Å². The number of nitrogens with zero attached hydrogens (tertiary/aromatic N) is 2. The molecule has 4 nitrogen and oxygen atoms in total. The minimum absolute atomic E-state index is 0.391. The molecule has 2 atom stereocenters. The Kier molecular flexibility index (Phi) is 9.60. The molecule has 4 heteroatoms. The summed E-state index contributed by atoms with van der Waals surface area (Å²) in [5.74, 6) is 1.02. The third-order valence-corrected chi connectivity index (χ3v) is 6.26. The number of phenols is 1. The molecular formula is C23H41N3O. The molecule has 1 aromatic carbocycles. The smallest absolute Gasteiger partial charge is 0.115 e. The highest BCUT2D eigenvalue weighted by Gasteiger charge is 2.30. The van der Waals surface area contributed by atoms with Crippen LogP contribution >= 0.6 is 0 Å². The molecule has 0 bridgehead atoms. The van der Waals surface area contributed by atoms with Crippen LogP contribution in [0.25, 0.3) is 0 Å². The molecule has 0 fully saturated rings. The van der Waals surface area contributed by atoms with Gasteiger partial charge in [-0.05, 0) is 101 Å². The lowest BCUT2D eigenvalue weighted by atomic mass is 9.96. The topological polar surface area (TPSA) is 38.7 Å². The maximum Gasteiger partial charge on any atom is 0.115 e. The molecule has 2 unspecified atom stereocenters. The second kappa shape index (κ2) is 11.7. The molecule has 154 valence electrons. The summed E-state index contributed by atoms with van der Waals surface area (Å²) >= 11 is 0. The van der Waals surface area contributed by atoms with Crippen LogP contribution in [0, 0.1) is 0 Å². The molecule has 1 aliphatic rings. The second-order valence-electron chi connectivity index (χ2n) is 7.80. The summed E-state index contributed by atoms with van der Waals surface area (Å²) in [5.41, 5.74) is 2.78. The van der Waals surface area contributed by atoms with E-state index in [1.807, 2.05) is 12.1 Å².